The Kier molecular flexibility index (Phi) is 7.83. The van der Waals surface area contributed by atoms with E-state index in [0.717, 1.165) is 5.56 Å². The second-order valence-corrected chi connectivity index (χ2v) is 7.78. The van der Waals surface area contributed by atoms with E-state index in [0.29, 0.717) is 5.92 Å². The van der Waals surface area contributed by atoms with Crippen molar-refractivity contribution in [3.05, 3.63) is 53.3 Å². The van der Waals surface area contributed by atoms with Gasteiger partial charge in [0.1, 0.15) is 0 Å². The fourth-order valence-corrected chi connectivity index (χ4v) is 2.87. The normalized spacial score (nSPS) is 12.5. The first-order valence-electron chi connectivity index (χ1n) is 7.91. The van der Waals surface area contributed by atoms with Crippen LogP contribution in [0.25, 0.3) is 0 Å². The van der Waals surface area contributed by atoms with E-state index in [1.165, 1.54) is 24.7 Å². The molecule has 4 N–H and O–H groups in total. The number of amides is 1. The zero-order valence-electron chi connectivity index (χ0n) is 14.9. The van der Waals surface area contributed by atoms with Gasteiger partial charge in [-0.1, -0.05) is 38.1 Å². The Labute approximate surface area is 159 Å². The molecule has 0 fully saturated rings. The molecule has 0 aliphatic heterocycles. The zero-order valence-corrected chi connectivity index (χ0v) is 16.5. The number of rotatable bonds is 7. The standard InChI is InChI=1S/C17H23N3O4S.ClH/c1-11(2)12-4-6-13(7-5-12)14(18)10-20-17(21)15-8-9-16(24-15)25(22,23)19-3;/h4-9,11,14,19H,10,18H2,1-3H3,(H,20,21);1H. The summed E-state index contributed by atoms with van der Waals surface area (Å²) in [6.07, 6.45) is 0. The molecule has 1 heterocycles. The van der Waals surface area contributed by atoms with E-state index < -0.39 is 15.9 Å². The van der Waals surface area contributed by atoms with Gasteiger partial charge in [-0.3, -0.25) is 4.79 Å². The van der Waals surface area contributed by atoms with Crippen molar-refractivity contribution >= 4 is 28.3 Å². The van der Waals surface area contributed by atoms with Crippen molar-refractivity contribution in [2.45, 2.75) is 30.9 Å². The molecule has 1 atom stereocenters. The summed E-state index contributed by atoms with van der Waals surface area (Å²) in [5, 5.41) is 2.33. The van der Waals surface area contributed by atoms with E-state index in [1.807, 2.05) is 24.3 Å². The molecule has 2 aromatic rings. The highest BCUT2D eigenvalue weighted by atomic mass is 35.5. The predicted octanol–water partition coefficient (Wildman–Crippen LogP) is 2.16. The molecule has 0 aliphatic carbocycles. The summed E-state index contributed by atoms with van der Waals surface area (Å²) in [6.45, 7) is 4.43. The number of halogens is 1. The smallest absolute Gasteiger partial charge is 0.287 e. The second kappa shape index (κ2) is 9.18. The maximum atomic E-state index is 12.1. The molecule has 0 aliphatic rings. The van der Waals surface area contributed by atoms with Gasteiger partial charge in [-0.15, -0.1) is 12.4 Å². The van der Waals surface area contributed by atoms with Crippen LogP contribution in [0.4, 0.5) is 0 Å². The summed E-state index contributed by atoms with van der Waals surface area (Å²) >= 11 is 0. The van der Waals surface area contributed by atoms with Crippen LogP contribution in [0.5, 0.6) is 0 Å². The Morgan fingerprint density at radius 2 is 1.69 bits per heavy atom. The van der Waals surface area contributed by atoms with Crippen LogP contribution in [0.1, 0.15) is 47.5 Å². The molecule has 144 valence electrons. The number of carbonyl (C=O) groups excluding carboxylic acids is 1. The molecule has 1 unspecified atom stereocenters. The topological polar surface area (TPSA) is 114 Å². The van der Waals surface area contributed by atoms with Crippen molar-refractivity contribution in [1.82, 2.24) is 10.0 Å². The highest BCUT2D eigenvalue weighted by molar-refractivity contribution is 7.89. The molecular weight excluding hydrogens is 378 g/mol. The maximum absolute atomic E-state index is 12.1. The molecule has 9 heteroatoms. The fourth-order valence-electron chi connectivity index (χ4n) is 2.22. The number of carbonyl (C=O) groups is 1. The largest absolute Gasteiger partial charge is 0.438 e. The Bertz CT molecular complexity index is 832. The third-order valence-electron chi connectivity index (χ3n) is 3.85. The SMILES string of the molecule is CNS(=O)(=O)c1ccc(C(=O)NCC(N)c2ccc(C(C)C)cc2)o1.Cl. The molecule has 7 nitrogen and oxygen atoms in total. The second-order valence-electron chi connectivity index (χ2n) is 5.96. The van der Waals surface area contributed by atoms with Gasteiger partial charge in [0.15, 0.2) is 5.76 Å². The first-order valence-corrected chi connectivity index (χ1v) is 9.40. The maximum Gasteiger partial charge on any atom is 0.287 e. The lowest BCUT2D eigenvalue weighted by Crippen LogP contribution is -2.31. The van der Waals surface area contributed by atoms with E-state index in [2.05, 4.69) is 23.9 Å². The Balaban J connectivity index is 0.00000338. The monoisotopic (exact) mass is 401 g/mol. The van der Waals surface area contributed by atoms with Crippen molar-refractivity contribution in [1.29, 1.82) is 0 Å². The van der Waals surface area contributed by atoms with Crippen LogP contribution in [-0.2, 0) is 10.0 Å². The van der Waals surface area contributed by atoms with Gasteiger partial charge in [-0.2, -0.15) is 0 Å². The van der Waals surface area contributed by atoms with E-state index in [-0.39, 0.29) is 35.8 Å². The number of nitrogens with two attached hydrogens (primary N) is 1. The quantitative estimate of drug-likeness (QED) is 0.657. The van der Waals surface area contributed by atoms with Crippen molar-refractivity contribution in [2.75, 3.05) is 13.6 Å². The number of hydrogen-bond acceptors (Lipinski definition) is 5. The van der Waals surface area contributed by atoms with Crippen molar-refractivity contribution in [2.24, 2.45) is 5.73 Å². The molecule has 1 aromatic heterocycles. The minimum atomic E-state index is -3.72. The average Bonchev–Trinajstić information content (AvgIpc) is 3.10. The molecular formula is C17H24ClN3O4S. The summed E-state index contributed by atoms with van der Waals surface area (Å²) < 4.78 is 30.4. The summed E-state index contributed by atoms with van der Waals surface area (Å²) in [5.41, 5.74) is 8.21. The lowest BCUT2D eigenvalue weighted by molar-refractivity contribution is 0.0918. The van der Waals surface area contributed by atoms with E-state index in [1.54, 1.807) is 0 Å². The average molecular weight is 402 g/mol. The number of nitrogens with one attached hydrogen (secondary N) is 2. The van der Waals surface area contributed by atoms with Crippen LogP contribution in [-0.4, -0.2) is 27.9 Å². The molecule has 26 heavy (non-hydrogen) atoms. The van der Waals surface area contributed by atoms with Gasteiger partial charge < -0.3 is 15.5 Å². The number of benzene rings is 1. The first-order chi connectivity index (χ1) is 11.7. The van der Waals surface area contributed by atoms with Crippen molar-refractivity contribution in [3.8, 4) is 0 Å². The third kappa shape index (κ3) is 5.31. The Morgan fingerprint density at radius 1 is 1.12 bits per heavy atom. The molecule has 1 aromatic carbocycles. The first kappa shape index (κ1) is 22.2. The lowest BCUT2D eigenvalue weighted by Gasteiger charge is -2.14. The number of furan rings is 1. The van der Waals surface area contributed by atoms with Crippen LogP contribution in [0, 0.1) is 0 Å². The predicted molar refractivity (Wildman–Crippen MR) is 102 cm³/mol. The van der Waals surface area contributed by atoms with Gasteiger partial charge >= 0.3 is 0 Å². The minimum absolute atomic E-state index is 0. The fraction of sp³-hybridized carbons (Fsp3) is 0.353. The highest BCUT2D eigenvalue weighted by Gasteiger charge is 2.20. The van der Waals surface area contributed by atoms with Gasteiger partial charge in [0.05, 0.1) is 0 Å². The summed E-state index contributed by atoms with van der Waals surface area (Å²) in [6, 6.07) is 10.1. The van der Waals surface area contributed by atoms with Crippen LogP contribution < -0.4 is 15.8 Å². The van der Waals surface area contributed by atoms with Gasteiger partial charge in [-0.05, 0) is 36.2 Å². The van der Waals surface area contributed by atoms with Crippen LogP contribution >= 0.6 is 12.4 Å². The van der Waals surface area contributed by atoms with Crippen LogP contribution in [0.3, 0.4) is 0 Å². The lowest BCUT2D eigenvalue weighted by atomic mass is 9.99. The zero-order chi connectivity index (χ0) is 18.6. The third-order valence-corrected chi connectivity index (χ3v) is 5.14. The Morgan fingerprint density at radius 3 is 2.23 bits per heavy atom. The van der Waals surface area contributed by atoms with Gasteiger partial charge in [0.2, 0.25) is 5.09 Å². The van der Waals surface area contributed by atoms with Crippen LogP contribution in [0.15, 0.2) is 45.9 Å². The summed E-state index contributed by atoms with van der Waals surface area (Å²) in [5.74, 6) is -0.171. The van der Waals surface area contributed by atoms with E-state index in [4.69, 9.17) is 10.2 Å². The number of hydrogen-bond donors (Lipinski definition) is 3. The summed E-state index contributed by atoms with van der Waals surface area (Å²) in [4.78, 5) is 12.1. The summed E-state index contributed by atoms with van der Waals surface area (Å²) in [7, 11) is -2.45. The highest BCUT2D eigenvalue weighted by Crippen LogP contribution is 2.18. The van der Waals surface area contributed by atoms with Gasteiger partial charge in [0, 0.05) is 12.6 Å². The van der Waals surface area contributed by atoms with E-state index in [9.17, 15) is 13.2 Å². The molecule has 0 saturated heterocycles. The molecule has 0 bridgehead atoms. The van der Waals surface area contributed by atoms with Gasteiger partial charge in [-0.25, -0.2) is 13.1 Å². The number of sulfonamides is 1. The van der Waals surface area contributed by atoms with Crippen LogP contribution in [0.2, 0.25) is 0 Å². The van der Waals surface area contributed by atoms with Gasteiger partial charge in [0.25, 0.3) is 15.9 Å². The van der Waals surface area contributed by atoms with E-state index >= 15 is 0 Å². The van der Waals surface area contributed by atoms with Crippen molar-refractivity contribution in [3.63, 3.8) is 0 Å². The molecule has 0 saturated carbocycles. The van der Waals surface area contributed by atoms with Crippen molar-refractivity contribution < 1.29 is 17.6 Å². The minimum Gasteiger partial charge on any atom is -0.438 e. The molecule has 0 spiro atoms. The molecule has 1 amide bonds. The molecule has 0 radical (unpaired) electrons. The molecule has 2 rings (SSSR count). The Hall–Kier alpha value is -1.87.